The lowest BCUT2D eigenvalue weighted by Gasteiger charge is -2.09. The molecule has 0 aliphatic heterocycles. The second-order valence-electron chi connectivity index (χ2n) is 4.61. The first-order chi connectivity index (χ1) is 8.11. The lowest BCUT2D eigenvalue weighted by Crippen LogP contribution is -1.92. The molecule has 2 aromatic rings. The topological polar surface area (TPSA) is 38.9 Å². The average molecular weight is 246 g/mol. The van der Waals surface area contributed by atoms with Crippen LogP contribution in [-0.4, -0.2) is 4.37 Å². The number of aryl methyl sites for hydroxylation is 1. The van der Waals surface area contributed by atoms with Gasteiger partial charge < -0.3 is 5.73 Å². The maximum Gasteiger partial charge on any atom is 0.0846 e. The van der Waals surface area contributed by atoms with Crippen molar-refractivity contribution in [2.24, 2.45) is 5.73 Å². The minimum Gasteiger partial charge on any atom is -0.326 e. The highest BCUT2D eigenvalue weighted by atomic mass is 32.1. The number of hydrogen-bond acceptors (Lipinski definition) is 3. The van der Waals surface area contributed by atoms with Crippen LogP contribution in [0, 0.1) is 6.92 Å². The van der Waals surface area contributed by atoms with E-state index >= 15 is 0 Å². The molecule has 0 bridgehead atoms. The summed E-state index contributed by atoms with van der Waals surface area (Å²) in [5.74, 6) is 0.543. The van der Waals surface area contributed by atoms with E-state index in [4.69, 9.17) is 5.73 Å². The average Bonchev–Trinajstić information content (AvgIpc) is 2.77. The first kappa shape index (κ1) is 12.3. The molecule has 17 heavy (non-hydrogen) atoms. The molecule has 2 N–H and O–H groups in total. The van der Waals surface area contributed by atoms with Gasteiger partial charge in [-0.05, 0) is 47.6 Å². The smallest absolute Gasteiger partial charge is 0.0846 e. The van der Waals surface area contributed by atoms with Crippen molar-refractivity contribution >= 4 is 11.5 Å². The lowest BCUT2D eigenvalue weighted by molar-refractivity contribution is 0.866. The predicted molar refractivity (Wildman–Crippen MR) is 74.3 cm³/mol. The standard InChI is InChI=1S/C14H18N2S/c1-9(2)11-5-4-10(3)13(6-11)14-7-12(8-15)17-16-14/h4-7,9H,8,15H2,1-3H3. The highest BCUT2D eigenvalue weighted by Crippen LogP contribution is 2.28. The van der Waals surface area contributed by atoms with Gasteiger partial charge in [-0.2, -0.15) is 4.37 Å². The Bertz CT molecular complexity index is 515. The molecule has 0 spiro atoms. The van der Waals surface area contributed by atoms with E-state index in [2.05, 4.69) is 49.4 Å². The molecule has 2 nitrogen and oxygen atoms in total. The first-order valence-electron chi connectivity index (χ1n) is 5.88. The summed E-state index contributed by atoms with van der Waals surface area (Å²) in [6.45, 7) is 7.11. The summed E-state index contributed by atoms with van der Waals surface area (Å²) >= 11 is 1.49. The molecule has 0 aliphatic carbocycles. The van der Waals surface area contributed by atoms with Crippen molar-refractivity contribution < 1.29 is 0 Å². The molecule has 0 saturated heterocycles. The van der Waals surface area contributed by atoms with Crippen molar-refractivity contribution in [2.75, 3.05) is 0 Å². The van der Waals surface area contributed by atoms with Gasteiger partial charge >= 0.3 is 0 Å². The van der Waals surface area contributed by atoms with E-state index in [1.807, 2.05) is 0 Å². The summed E-state index contributed by atoms with van der Waals surface area (Å²) in [6, 6.07) is 8.71. The first-order valence-corrected chi connectivity index (χ1v) is 6.65. The third-order valence-electron chi connectivity index (χ3n) is 2.96. The molecule has 2 rings (SSSR count). The SMILES string of the molecule is Cc1ccc(C(C)C)cc1-c1cc(CN)sn1. The van der Waals surface area contributed by atoms with Crippen LogP contribution in [0.1, 0.15) is 35.8 Å². The largest absolute Gasteiger partial charge is 0.326 e. The normalized spacial score (nSPS) is 11.1. The van der Waals surface area contributed by atoms with Crippen LogP contribution < -0.4 is 5.73 Å². The highest BCUT2D eigenvalue weighted by molar-refractivity contribution is 7.06. The number of benzene rings is 1. The van der Waals surface area contributed by atoms with Gasteiger partial charge in [0.1, 0.15) is 0 Å². The van der Waals surface area contributed by atoms with Crippen LogP contribution in [0.2, 0.25) is 0 Å². The molecular formula is C14H18N2S. The second-order valence-corrected chi connectivity index (χ2v) is 5.50. The van der Waals surface area contributed by atoms with Crippen molar-refractivity contribution in [3.05, 3.63) is 40.3 Å². The van der Waals surface area contributed by atoms with E-state index in [-0.39, 0.29) is 0 Å². The van der Waals surface area contributed by atoms with E-state index in [1.54, 1.807) is 0 Å². The zero-order valence-corrected chi connectivity index (χ0v) is 11.3. The minimum atomic E-state index is 0.543. The predicted octanol–water partition coefficient (Wildman–Crippen LogP) is 3.70. The zero-order chi connectivity index (χ0) is 12.4. The molecule has 1 heterocycles. The molecule has 0 radical (unpaired) electrons. The zero-order valence-electron chi connectivity index (χ0n) is 10.5. The van der Waals surface area contributed by atoms with E-state index in [1.165, 1.54) is 28.2 Å². The van der Waals surface area contributed by atoms with Gasteiger partial charge in [0.15, 0.2) is 0 Å². The van der Waals surface area contributed by atoms with Crippen LogP contribution in [0.4, 0.5) is 0 Å². The van der Waals surface area contributed by atoms with E-state index in [9.17, 15) is 0 Å². The minimum absolute atomic E-state index is 0.543. The van der Waals surface area contributed by atoms with Crippen LogP contribution in [0.25, 0.3) is 11.3 Å². The Morgan fingerprint density at radius 2 is 2.06 bits per heavy atom. The second kappa shape index (κ2) is 4.98. The summed E-state index contributed by atoms with van der Waals surface area (Å²) < 4.78 is 4.48. The van der Waals surface area contributed by atoms with E-state index in [0.717, 1.165) is 10.6 Å². The van der Waals surface area contributed by atoms with Crippen molar-refractivity contribution in [3.63, 3.8) is 0 Å². The van der Waals surface area contributed by atoms with Crippen LogP contribution in [0.3, 0.4) is 0 Å². The summed E-state index contributed by atoms with van der Waals surface area (Å²) in [7, 11) is 0. The number of nitrogens with two attached hydrogens (primary N) is 1. The van der Waals surface area contributed by atoms with E-state index in [0.29, 0.717) is 12.5 Å². The Balaban J connectivity index is 2.46. The fourth-order valence-corrected chi connectivity index (χ4v) is 2.42. The van der Waals surface area contributed by atoms with E-state index < -0.39 is 0 Å². The Morgan fingerprint density at radius 3 is 2.65 bits per heavy atom. The van der Waals surface area contributed by atoms with Crippen molar-refractivity contribution in [1.82, 2.24) is 4.37 Å². The third-order valence-corrected chi connectivity index (χ3v) is 3.77. The van der Waals surface area contributed by atoms with Crippen LogP contribution >= 0.6 is 11.5 Å². The van der Waals surface area contributed by atoms with Crippen molar-refractivity contribution in [2.45, 2.75) is 33.2 Å². The molecule has 90 valence electrons. The fraction of sp³-hybridized carbons (Fsp3) is 0.357. The Labute approximate surface area is 107 Å². The van der Waals surface area contributed by atoms with Crippen LogP contribution in [-0.2, 0) is 6.54 Å². The number of rotatable bonds is 3. The van der Waals surface area contributed by atoms with Gasteiger partial charge in [-0.3, -0.25) is 0 Å². The number of aromatic nitrogens is 1. The lowest BCUT2D eigenvalue weighted by atomic mass is 9.96. The Hall–Kier alpha value is -1.19. The van der Waals surface area contributed by atoms with Crippen LogP contribution in [0.15, 0.2) is 24.3 Å². The van der Waals surface area contributed by atoms with Crippen molar-refractivity contribution in [1.29, 1.82) is 0 Å². The van der Waals surface area contributed by atoms with Gasteiger partial charge in [-0.25, -0.2) is 0 Å². The van der Waals surface area contributed by atoms with Gasteiger partial charge in [-0.15, -0.1) is 0 Å². The van der Waals surface area contributed by atoms with Crippen LogP contribution in [0.5, 0.6) is 0 Å². The van der Waals surface area contributed by atoms with Gasteiger partial charge in [0.25, 0.3) is 0 Å². The maximum atomic E-state index is 5.63. The fourth-order valence-electron chi connectivity index (χ4n) is 1.81. The summed E-state index contributed by atoms with van der Waals surface area (Å²) in [5.41, 5.74) is 10.5. The summed E-state index contributed by atoms with van der Waals surface area (Å²) in [6.07, 6.45) is 0. The molecular weight excluding hydrogens is 228 g/mol. The van der Waals surface area contributed by atoms with Gasteiger partial charge in [0.05, 0.1) is 5.69 Å². The molecule has 0 fully saturated rings. The molecule has 0 aliphatic rings. The molecule has 1 aromatic carbocycles. The van der Waals surface area contributed by atoms with Gasteiger partial charge in [0.2, 0.25) is 0 Å². The number of hydrogen-bond donors (Lipinski definition) is 1. The van der Waals surface area contributed by atoms with Gasteiger partial charge in [-0.1, -0.05) is 26.0 Å². The van der Waals surface area contributed by atoms with Crippen molar-refractivity contribution in [3.8, 4) is 11.3 Å². The molecule has 1 aromatic heterocycles. The number of nitrogens with zero attached hydrogens (tertiary/aromatic N) is 1. The Morgan fingerprint density at radius 1 is 1.29 bits per heavy atom. The quantitative estimate of drug-likeness (QED) is 0.896. The highest BCUT2D eigenvalue weighted by Gasteiger charge is 2.09. The molecule has 0 atom stereocenters. The third kappa shape index (κ3) is 2.56. The molecule has 3 heteroatoms. The Kier molecular flexibility index (Phi) is 3.60. The van der Waals surface area contributed by atoms with Gasteiger partial charge in [0, 0.05) is 17.0 Å². The molecule has 0 saturated carbocycles. The molecule has 0 amide bonds. The summed E-state index contributed by atoms with van der Waals surface area (Å²) in [5, 5.41) is 0. The summed E-state index contributed by atoms with van der Waals surface area (Å²) in [4.78, 5) is 1.13. The monoisotopic (exact) mass is 246 g/mol. The maximum absolute atomic E-state index is 5.63. The molecule has 0 unspecified atom stereocenters.